The molecule has 1 heterocycles. The predicted molar refractivity (Wildman–Crippen MR) is 82.1 cm³/mol. The first-order valence-electron chi connectivity index (χ1n) is 6.48. The van der Waals surface area contributed by atoms with Gasteiger partial charge in [-0.15, -0.1) is 11.3 Å². The number of thiazole rings is 1. The number of aromatic nitrogens is 1. The van der Waals surface area contributed by atoms with Crippen molar-refractivity contribution in [2.24, 2.45) is 0 Å². The molecule has 0 saturated carbocycles. The molecule has 0 aliphatic rings. The molecule has 1 aromatic heterocycles. The van der Waals surface area contributed by atoms with Crippen molar-refractivity contribution in [2.45, 2.75) is 6.92 Å². The highest BCUT2D eigenvalue weighted by atomic mass is 32.1. The lowest BCUT2D eigenvalue weighted by Gasteiger charge is -1.98. The fraction of sp³-hybridized carbons (Fsp3) is 0.0588. The maximum atomic E-state index is 13.3. The summed E-state index contributed by atoms with van der Waals surface area (Å²) in [6.45, 7) is 1.89. The van der Waals surface area contributed by atoms with Gasteiger partial charge in [0.05, 0.1) is 5.69 Å². The van der Waals surface area contributed by atoms with Gasteiger partial charge in [0.1, 0.15) is 5.82 Å². The molecular formula is C17H12FNOS. The van der Waals surface area contributed by atoms with Gasteiger partial charge in [-0.25, -0.2) is 9.37 Å². The predicted octanol–water partition coefficient (Wildman–Crippen LogP) is 4.49. The zero-order chi connectivity index (χ0) is 14.8. The molecule has 2 nitrogen and oxygen atoms in total. The zero-order valence-electron chi connectivity index (χ0n) is 11.3. The summed E-state index contributed by atoms with van der Waals surface area (Å²) < 4.78 is 13.3. The van der Waals surface area contributed by atoms with Crippen LogP contribution in [-0.4, -0.2) is 10.8 Å². The Balaban J connectivity index is 2.00. The van der Waals surface area contributed by atoms with Gasteiger partial charge < -0.3 is 0 Å². The standard InChI is InChI=1S/C17H12FNOS/c1-11-15(13-8-5-9-14(18)10-13)19-17(21-11)16(20)12-6-3-2-4-7-12/h2-10H,1H3. The fourth-order valence-corrected chi connectivity index (χ4v) is 3.01. The molecule has 104 valence electrons. The van der Waals surface area contributed by atoms with Gasteiger partial charge in [0, 0.05) is 16.0 Å². The van der Waals surface area contributed by atoms with Crippen molar-refractivity contribution in [1.82, 2.24) is 4.98 Å². The molecule has 0 aliphatic carbocycles. The molecule has 0 N–H and O–H groups in total. The van der Waals surface area contributed by atoms with Gasteiger partial charge in [-0.3, -0.25) is 4.79 Å². The molecule has 0 spiro atoms. The number of aryl methyl sites for hydroxylation is 1. The van der Waals surface area contributed by atoms with Gasteiger partial charge in [0.25, 0.3) is 0 Å². The minimum Gasteiger partial charge on any atom is -0.286 e. The van der Waals surface area contributed by atoms with Crippen LogP contribution >= 0.6 is 11.3 Å². The van der Waals surface area contributed by atoms with Gasteiger partial charge in [-0.2, -0.15) is 0 Å². The Hall–Kier alpha value is -2.33. The lowest BCUT2D eigenvalue weighted by molar-refractivity contribution is 0.103. The number of hydrogen-bond donors (Lipinski definition) is 0. The van der Waals surface area contributed by atoms with Crippen LogP contribution in [0, 0.1) is 12.7 Å². The number of rotatable bonds is 3. The van der Waals surface area contributed by atoms with Crippen LogP contribution in [0.4, 0.5) is 4.39 Å². The van der Waals surface area contributed by atoms with Crippen LogP contribution in [-0.2, 0) is 0 Å². The lowest BCUT2D eigenvalue weighted by Crippen LogP contribution is -2.00. The zero-order valence-corrected chi connectivity index (χ0v) is 12.2. The van der Waals surface area contributed by atoms with Gasteiger partial charge in [0.15, 0.2) is 5.01 Å². The van der Waals surface area contributed by atoms with Crippen molar-refractivity contribution in [2.75, 3.05) is 0 Å². The first-order chi connectivity index (χ1) is 10.1. The molecule has 0 amide bonds. The molecule has 0 radical (unpaired) electrons. The monoisotopic (exact) mass is 297 g/mol. The van der Waals surface area contributed by atoms with E-state index in [1.807, 2.05) is 25.1 Å². The highest BCUT2D eigenvalue weighted by Crippen LogP contribution is 2.29. The van der Waals surface area contributed by atoms with Crippen LogP contribution < -0.4 is 0 Å². The third kappa shape index (κ3) is 2.76. The Morgan fingerprint density at radius 3 is 2.57 bits per heavy atom. The van der Waals surface area contributed by atoms with E-state index < -0.39 is 0 Å². The summed E-state index contributed by atoms with van der Waals surface area (Å²) in [5, 5.41) is 0.429. The van der Waals surface area contributed by atoms with Crippen LogP contribution in [0.2, 0.25) is 0 Å². The molecule has 0 aliphatic heterocycles. The van der Waals surface area contributed by atoms with Crippen LogP contribution in [0.1, 0.15) is 20.2 Å². The van der Waals surface area contributed by atoms with E-state index in [1.165, 1.54) is 23.5 Å². The topological polar surface area (TPSA) is 30.0 Å². The molecule has 0 saturated heterocycles. The summed E-state index contributed by atoms with van der Waals surface area (Å²) in [7, 11) is 0. The van der Waals surface area contributed by atoms with Crippen LogP contribution in [0.3, 0.4) is 0 Å². The van der Waals surface area contributed by atoms with Crippen molar-refractivity contribution in [3.63, 3.8) is 0 Å². The summed E-state index contributed by atoms with van der Waals surface area (Å²) in [6, 6.07) is 15.3. The minimum atomic E-state index is -0.309. The maximum Gasteiger partial charge on any atom is 0.221 e. The number of carbonyl (C=O) groups excluding carboxylic acids is 1. The largest absolute Gasteiger partial charge is 0.286 e. The van der Waals surface area contributed by atoms with Gasteiger partial charge >= 0.3 is 0 Å². The normalized spacial score (nSPS) is 10.6. The van der Waals surface area contributed by atoms with Crippen molar-refractivity contribution in [3.8, 4) is 11.3 Å². The highest BCUT2D eigenvalue weighted by molar-refractivity contribution is 7.14. The molecule has 4 heteroatoms. The third-order valence-electron chi connectivity index (χ3n) is 3.12. The second-order valence-electron chi connectivity index (χ2n) is 4.63. The number of halogens is 1. The van der Waals surface area contributed by atoms with Crippen LogP contribution in [0.15, 0.2) is 54.6 Å². The Bertz CT molecular complexity index is 796. The maximum absolute atomic E-state index is 13.3. The van der Waals surface area contributed by atoms with E-state index in [-0.39, 0.29) is 11.6 Å². The Kier molecular flexibility index (Phi) is 3.62. The van der Waals surface area contributed by atoms with Crippen LogP contribution in [0.25, 0.3) is 11.3 Å². The third-order valence-corrected chi connectivity index (χ3v) is 4.09. The quantitative estimate of drug-likeness (QED) is 0.667. The Morgan fingerprint density at radius 1 is 1.10 bits per heavy atom. The SMILES string of the molecule is Cc1sc(C(=O)c2ccccc2)nc1-c1cccc(F)c1. The van der Waals surface area contributed by atoms with E-state index in [0.717, 1.165) is 4.88 Å². The van der Waals surface area contributed by atoms with Crippen molar-refractivity contribution >= 4 is 17.1 Å². The van der Waals surface area contributed by atoms with Crippen LogP contribution in [0.5, 0.6) is 0 Å². The van der Waals surface area contributed by atoms with E-state index in [9.17, 15) is 9.18 Å². The van der Waals surface area contributed by atoms with Gasteiger partial charge in [-0.1, -0.05) is 42.5 Å². The first kappa shape index (κ1) is 13.6. The number of hydrogen-bond acceptors (Lipinski definition) is 3. The number of nitrogens with zero attached hydrogens (tertiary/aromatic N) is 1. The lowest BCUT2D eigenvalue weighted by atomic mass is 10.1. The molecule has 0 unspecified atom stereocenters. The Morgan fingerprint density at radius 2 is 1.86 bits per heavy atom. The summed E-state index contributed by atoms with van der Waals surface area (Å²) in [5.41, 5.74) is 1.96. The van der Waals surface area contributed by atoms with Gasteiger partial charge in [-0.05, 0) is 19.1 Å². The fourth-order valence-electron chi connectivity index (χ4n) is 2.11. The first-order valence-corrected chi connectivity index (χ1v) is 7.30. The van der Waals surface area contributed by atoms with E-state index in [2.05, 4.69) is 4.98 Å². The molecular weight excluding hydrogens is 285 g/mol. The van der Waals surface area contributed by atoms with E-state index in [1.54, 1.807) is 24.3 Å². The second-order valence-corrected chi connectivity index (χ2v) is 5.83. The second kappa shape index (κ2) is 5.58. The summed E-state index contributed by atoms with van der Waals surface area (Å²) in [4.78, 5) is 17.7. The molecule has 0 bridgehead atoms. The minimum absolute atomic E-state index is 0.105. The summed E-state index contributed by atoms with van der Waals surface area (Å²) in [5.74, 6) is -0.415. The van der Waals surface area contributed by atoms with E-state index in [0.29, 0.717) is 21.8 Å². The van der Waals surface area contributed by atoms with Crippen molar-refractivity contribution in [1.29, 1.82) is 0 Å². The average Bonchev–Trinajstić information content (AvgIpc) is 2.89. The Labute approximate surface area is 125 Å². The van der Waals surface area contributed by atoms with E-state index >= 15 is 0 Å². The average molecular weight is 297 g/mol. The molecule has 21 heavy (non-hydrogen) atoms. The van der Waals surface area contributed by atoms with Crippen molar-refractivity contribution in [3.05, 3.63) is 75.9 Å². The number of carbonyl (C=O) groups is 1. The summed E-state index contributed by atoms with van der Waals surface area (Å²) in [6.07, 6.45) is 0. The molecule has 0 fully saturated rings. The molecule has 2 aromatic carbocycles. The van der Waals surface area contributed by atoms with Gasteiger partial charge in [0.2, 0.25) is 5.78 Å². The summed E-state index contributed by atoms with van der Waals surface area (Å²) >= 11 is 1.33. The number of ketones is 1. The van der Waals surface area contributed by atoms with Crippen molar-refractivity contribution < 1.29 is 9.18 Å². The highest BCUT2D eigenvalue weighted by Gasteiger charge is 2.17. The molecule has 3 aromatic rings. The smallest absolute Gasteiger partial charge is 0.221 e. The molecule has 0 atom stereocenters. The number of benzene rings is 2. The van der Waals surface area contributed by atoms with E-state index in [4.69, 9.17) is 0 Å². The molecule has 3 rings (SSSR count).